The van der Waals surface area contributed by atoms with Gasteiger partial charge < -0.3 is 14.2 Å². The Balaban J connectivity index is 1.76. The van der Waals surface area contributed by atoms with Crippen molar-refractivity contribution in [3.63, 3.8) is 0 Å². The maximum Gasteiger partial charge on any atom is 0.416 e. The van der Waals surface area contributed by atoms with E-state index in [0.717, 1.165) is 12.8 Å². The normalized spacial score (nSPS) is 13.5. The number of benzene rings is 1. The van der Waals surface area contributed by atoms with E-state index in [1.54, 1.807) is 18.2 Å². The van der Waals surface area contributed by atoms with Crippen molar-refractivity contribution >= 4 is 33.8 Å². The number of nitrogens with zero attached hydrogens (tertiary/aromatic N) is 3. The summed E-state index contributed by atoms with van der Waals surface area (Å²) in [6, 6.07) is 4.87. The molecule has 9 heteroatoms. The van der Waals surface area contributed by atoms with Crippen LogP contribution in [0.2, 0.25) is 0 Å². The molecule has 3 rings (SSSR count). The van der Waals surface area contributed by atoms with Crippen molar-refractivity contribution in [3.05, 3.63) is 40.6 Å². The third-order valence-electron chi connectivity index (χ3n) is 4.16. The Morgan fingerprint density at radius 2 is 1.90 bits per heavy atom. The molecular weight excluding hydrogens is 454 g/mol. The second-order valence-corrected chi connectivity index (χ2v) is 8.93. The molecule has 1 amide bonds. The monoisotopic (exact) mass is 477 g/mol. The maximum absolute atomic E-state index is 12.6. The first-order chi connectivity index (χ1) is 14.1. The Morgan fingerprint density at radius 3 is 2.47 bits per heavy atom. The van der Waals surface area contributed by atoms with Gasteiger partial charge in [0.1, 0.15) is 11.4 Å². The molecule has 1 fully saturated rings. The number of amides is 1. The molecule has 0 aliphatic heterocycles. The third-order valence-corrected chi connectivity index (χ3v) is 4.62. The molecule has 1 saturated carbocycles. The highest BCUT2D eigenvalue weighted by molar-refractivity contribution is 9.10. The highest BCUT2D eigenvalue weighted by atomic mass is 79.9. The molecule has 0 saturated heterocycles. The molecule has 1 aromatic carbocycles. The van der Waals surface area contributed by atoms with E-state index in [9.17, 15) is 9.59 Å². The van der Waals surface area contributed by atoms with Crippen LogP contribution in [0.5, 0.6) is 11.6 Å². The molecule has 0 N–H and O–H groups in total. The fourth-order valence-corrected chi connectivity index (χ4v) is 3.09. The second kappa shape index (κ2) is 8.99. The van der Waals surface area contributed by atoms with Gasteiger partial charge in [0.05, 0.1) is 25.1 Å². The minimum absolute atomic E-state index is 0.225. The lowest BCUT2D eigenvalue weighted by Gasteiger charge is -2.26. The van der Waals surface area contributed by atoms with Gasteiger partial charge in [-0.05, 0) is 57.7 Å². The van der Waals surface area contributed by atoms with Crippen LogP contribution >= 0.6 is 15.9 Å². The molecule has 1 aliphatic carbocycles. The van der Waals surface area contributed by atoms with Gasteiger partial charge in [0.15, 0.2) is 5.82 Å². The molecular formula is C21H24BrN3O5. The van der Waals surface area contributed by atoms with Crippen molar-refractivity contribution < 1.29 is 23.8 Å². The topological polar surface area (TPSA) is 90.9 Å². The molecule has 0 bridgehead atoms. The Kier molecular flexibility index (Phi) is 6.60. The number of aromatic nitrogens is 2. The Labute approximate surface area is 183 Å². The molecule has 1 heterocycles. The highest BCUT2D eigenvalue weighted by Gasteiger charge is 2.31. The van der Waals surface area contributed by atoms with Gasteiger partial charge in [0.2, 0.25) is 5.88 Å². The van der Waals surface area contributed by atoms with Gasteiger partial charge in [-0.2, -0.15) is 0 Å². The fourth-order valence-electron chi connectivity index (χ4n) is 2.62. The van der Waals surface area contributed by atoms with Gasteiger partial charge in [0, 0.05) is 11.0 Å². The first-order valence-corrected chi connectivity index (χ1v) is 10.3. The number of hydrogen-bond donors (Lipinski definition) is 0. The van der Waals surface area contributed by atoms with E-state index in [-0.39, 0.29) is 5.88 Å². The zero-order chi connectivity index (χ0) is 21.9. The van der Waals surface area contributed by atoms with Gasteiger partial charge in [-0.3, -0.25) is 4.90 Å². The van der Waals surface area contributed by atoms with E-state index in [4.69, 9.17) is 14.2 Å². The van der Waals surface area contributed by atoms with Crippen molar-refractivity contribution in [2.24, 2.45) is 5.92 Å². The summed E-state index contributed by atoms with van der Waals surface area (Å²) in [5.74, 6) is 0.995. The van der Waals surface area contributed by atoms with Crippen molar-refractivity contribution in [1.82, 2.24) is 9.97 Å². The van der Waals surface area contributed by atoms with Crippen LogP contribution in [0.25, 0.3) is 0 Å². The quantitative estimate of drug-likeness (QED) is 0.542. The summed E-state index contributed by atoms with van der Waals surface area (Å²) in [5, 5.41) is 0. The zero-order valence-electron chi connectivity index (χ0n) is 17.3. The number of anilines is 1. The average Bonchev–Trinajstić information content (AvgIpc) is 3.48. The molecule has 1 aromatic heterocycles. The van der Waals surface area contributed by atoms with Crippen LogP contribution in [0, 0.1) is 5.92 Å². The number of esters is 1. The predicted octanol–water partition coefficient (Wildman–Crippen LogP) is 4.97. The van der Waals surface area contributed by atoms with Crippen molar-refractivity contribution in [1.29, 1.82) is 0 Å². The highest BCUT2D eigenvalue weighted by Crippen LogP contribution is 2.32. The number of carbonyl (C=O) groups is 2. The van der Waals surface area contributed by atoms with Crippen LogP contribution in [-0.2, 0) is 9.47 Å². The lowest BCUT2D eigenvalue weighted by molar-refractivity contribution is 0.0573. The fraction of sp³-hybridized carbons (Fsp3) is 0.429. The smallest absolute Gasteiger partial charge is 0.416 e. The molecule has 0 unspecified atom stereocenters. The van der Waals surface area contributed by atoms with Crippen LogP contribution in [0.3, 0.4) is 0 Å². The molecule has 8 nitrogen and oxygen atoms in total. The number of halogens is 1. The van der Waals surface area contributed by atoms with Crippen LogP contribution in [0.4, 0.5) is 10.6 Å². The largest absolute Gasteiger partial charge is 0.465 e. The summed E-state index contributed by atoms with van der Waals surface area (Å²) >= 11 is 3.34. The third kappa shape index (κ3) is 6.16. The number of hydrogen-bond acceptors (Lipinski definition) is 7. The van der Waals surface area contributed by atoms with Crippen LogP contribution in [-0.4, -0.2) is 41.3 Å². The standard InChI is InChI=1S/C21H24BrN3O5/c1-21(2,3)30-20(27)25(12-13-5-6-13)17-10-24-18(11-23-17)29-16-8-14(19(26)28-4)7-15(22)9-16/h7-11,13H,5-6,12H2,1-4H3. The predicted molar refractivity (Wildman–Crippen MR) is 114 cm³/mol. The summed E-state index contributed by atoms with van der Waals surface area (Å²) in [7, 11) is 1.31. The van der Waals surface area contributed by atoms with E-state index in [1.165, 1.54) is 24.4 Å². The number of rotatable bonds is 6. The van der Waals surface area contributed by atoms with Gasteiger partial charge in [-0.15, -0.1) is 0 Å². The average molecular weight is 478 g/mol. The van der Waals surface area contributed by atoms with Crippen molar-refractivity contribution in [2.75, 3.05) is 18.6 Å². The SMILES string of the molecule is COC(=O)c1cc(Br)cc(Oc2cnc(N(CC3CC3)C(=O)OC(C)(C)C)cn2)c1. The molecule has 160 valence electrons. The minimum atomic E-state index is -0.604. The molecule has 2 aromatic rings. The van der Waals surface area contributed by atoms with Gasteiger partial charge >= 0.3 is 12.1 Å². The van der Waals surface area contributed by atoms with E-state index in [0.29, 0.717) is 34.1 Å². The zero-order valence-corrected chi connectivity index (χ0v) is 18.9. The number of carbonyl (C=O) groups excluding carboxylic acids is 2. The molecule has 0 spiro atoms. The van der Waals surface area contributed by atoms with Crippen molar-refractivity contribution in [3.8, 4) is 11.6 Å². The lowest BCUT2D eigenvalue weighted by Crippen LogP contribution is -2.38. The molecule has 0 radical (unpaired) electrons. The maximum atomic E-state index is 12.6. The Bertz CT molecular complexity index is 923. The minimum Gasteiger partial charge on any atom is -0.465 e. The lowest BCUT2D eigenvalue weighted by atomic mass is 10.2. The second-order valence-electron chi connectivity index (χ2n) is 8.02. The Morgan fingerprint density at radius 1 is 1.17 bits per heavy atom. The van der Waals surface area contributed by atoms with E-state index >= 15 is 0 Å². The van der Waals surface area contributed by atoms with Crippen LogP contribution < -0.4 is 9.64 Å². The van der Waals surface area contributed by atoms with Gasteiger partial charge in [-0.25, -0.2) is 19.6 Å². The van der Waals surface area contributed by atoms with Gasteiger partial charge in [-0.1, -0.05) is 15.9 Å². The van der Waals surface area contributed by atoms with E-state index in [2.05, 4.69) is 25.9 Å². The first kappa shape index (κ1) is 22.0. The van der Waals surface area contributed by atoms with E-state index < -0.39 is 17.7 Å². The molecule has 30 heavy (non-hydrogen) atoms. The van der Waals surface area contributed by atoms with Crippen LogP contribution in [0.1, 0.15) is 44.0 Å². The summed E-state index contributed by atoms with van der Waals surface area (Å²) < 4.78 is 16.6. The summed E-state index contributed by atoms with van der Waals surface area (Å²) in [5.41, 5.74) is -0.264. The summed E-state index contributed by atoms with van der Waals surface area (Å²) in [6.45, 7) is 6.01. The summed E-state index contributed by atoms with van der Waals surface area (Å²) in [6.07, 6.45) is 4.62. The first-order valence-electron chi connectivity index (χ1n) is 9.54. The summed E-state index contributed by atoms with van der Waals surface area (Å²) in [4.78, 5) is 34.5. The number of methoxy groups -OCH3 is 1. The van der Waals surface area contributed by atoms with E-state index in [1.807, 2.05) is 20.8 Å². The van der Waals surface area contributed by atoms with Crippen molar-refractivity contribution in [2.45, 2.75) is 39.2 Å². The van der Waals surface area contributed by atoms with Gasteiger partial charge in [0.25, 0.3) is 0 Å². The Hall–Kier alpha value is -2.68. The number of ether oxygens (including phenoxy) is 3. The molecule has 0 atom stereocenters. The molecule has 1 aliphatic rings. The van der Waals surface area contributed by atoms with Crippen LogP contribution in [0.15, 0.2) is 35.1 Å².